The van der Waals surface area contributed by atoms with Crippen LogP contribution in [0, 0.1) is 13.8 Å². The molecular formula is C14H16N2O2. The molecule has 0 aliphatic heterocycles. The Labute approximate surface area is 106 Å². The standard InChI is InChI=1S/C14H16N2O2/c1-4-13-12(14(17)18)8-16(15-13)11-6-5-9(2)10(3)7-11/h5-8H,4H2,1-3H3,(H,17,18). The molecule has 0 spiro atoms. The van der Waals surface area contributed by atoms with Gasteiger partial charge in [-0.1, -0.05) is 13.0 Å². The van der Waals surface area contributed by atoms with Gasteiger partial charge in [0, 0.05) is 6.20 Å². The number of hydrogen-bond donors (Lipinski definition) is 1. The van der Waals surface area contributed by atoms with E-state index in [0.717, 1.165) is 11.3 Å². The van der Waals surface area contributed by atoms with Crippen LogP contribution in [0.15, 0.2) is 24.4 Å². The first-order chi connectivity index (χ1) is 8.52. The lowest BCUT2D eigenvalue weighted by molar-refractivity contribution is 0.0695. The van der Waals surface area contributed by atoms with Crippen molar-refractivity contribution in [3.63, 3.8) is 0 Å². The van der Waals surface area contributed by atoms with Crippen molar-refractivity contribution in [3.8, 4) is 5.69 Å². The molecule has 94 valence electrons. The molecule has 4 heteroatoms. The highest BCUT2D eigenvalue weighted by Crippen LogP contribution is 2.16. The Morgan fingerprint density at radius 3 is 2.56 bits per heavy atom. The summed E-state index contributed by atoms with van der Waals surface area (Å²) < 4.78 is 1.63. The molecule has 1 aromatic carbocycles. The third-order valence-electron chi connectivity index (χ3n) is 3.11. The van der Waals surface area contributed by atoms with Gasteiger partial charge in [0.15, 0.2) is 0 Å². The summed E-state index contributed by atoms with van der Waals surface area (Å²) in [5.74, 6) is -0.929. The number of aromatic nitrogens is 2. The van der Waals surface area contributed by atoms with Gasteiger partial charge in [0.2, 0.25) is 0 Å². The van der Waals surface area contributed by atoms with E-state index in [-0.39, 0.29) is 5.56 Å². The summed E-state index contributed by atoms with van der Waals surface area (Å²) in [4.78, 5) is 11.1. The van der Waals surface area contributed by atoms with Crippen LogP contribution < -0.4 is 0 Å². The Morgan fingerprint density at radius 1 is 1.33 bits per heavy atom. The number of carboxylic acids is 1. The van der Waals surface area contributed by atoms with E-state index >= 15 is 0 Å². The van der Waals surface area contributed by atoms with E-state index < -0.39 is 5.97 Å². The number of benzene rings is 1. The van der Waals surface area contributed by atoms with Gasteiger partial charge in [0.25, 0.3) is 0 Å². The van der Waals surface area contributed by atoms with E-state index in [9.17, 15) is 4.79 Å². The second kappa shape index (κ2) is 4.64. The summed E-state index contributed by atoms with van der Waals surface area (Å²) in [7, 11) is 0. The highest BCUT2D eigenvalue weighted by molar-refractivity contribution is 5.88. The molecule has 0 amide bonds. The number of rotatable bonds is 3. The number of aryl methyl sites for hydroxylation is 3. The molecule has 1 N–H and O–H groups in total. The van der Waals surface area contributed by atoms with E-state index in [1.807, 2.05) is 39.0 Å². The monoisotopic (exact) mass is 244 g/mol. The third-order valence-corrected chi connectivity index (χ3v) is 3.11. The Morgan fingerprint density at radius 2 is 2.06 bits per heavy atom. The van der Waals surface area contributed by atoms with E-state index in [0.29, 0.717) is 12.1 Å². The Bertz CT molecular complexity index is 600. The average molecular weight is 244 g/mol. The van der Waals surface area contributed by atoms with Crippen LogP contribution in [0.2, 0.25) is 0 Å². The molecule has 2 aromatic rings. The molecule has 0 radical (unpaired) electrons. The van der Waals surface area contributed by atoms with Crippen molar-refractivity contribution in [2.24, 2.45) is 0 Å². The Kier molecular flexibility index (Phi) is 3.19. The van der Waals surface area contributed by atoms with Crippen LogP contribution in [0.5, 0.6) is 0 Å². The first kappa shape index (κ1) is 12.4. The SMILES string of the molecule is CCc1nn(-c2ccc(C)c(C)c2)cc1C(=O)O. The van der Waals surface area contributed by atoms with Gasteiger partial charge in [-0.2, -0.15) is 5.10 Å². The maximum atomic E-state index is 11.1. The Hall–Kier alpha value is -2.10. The maximum absolute atomic E-state index is 11.1. The van der Waals surface area contributed by atoms with Crippen LogP contribution in [0.4, 0.5) is 0 Å². The number of carboxylic acid groups (broad SMARTS) is 1. The molecule has 1 heterocycles. The predicted molar refractivity (Wildman–Crippen MR) is 69.4 cm³/mol. The molecule has 0 aliphatic rings. The maximum Gasteiger partial charge on any atom is 0.339 e. The second-order valence-electron chi connectivity index (χ2n) is 4.36. The van der Waals surface area contributed by atoms with Crippen molar-refractivity contribution in [2.75, 3.05) is 0 Å². The minimum atomic E-state index is -0.929. The highest BCUT2D eigenvalue weighted by Gasteiger charge is 2.14. The van der Waals surface area contributed by atoms with Gasteiger partial charge in [-0.25, -0.2) is 9.48 Å². The Balaban J connectivity index is 2.50. The highest BCUT2D eigenvalue weighted by atomic mass is 16.4. The second-order valence-corrected chi connectivity index (χ2v) is 4.36. The van der Waals surface area contributed by atoms with E-state index in [1.54, 1.807) is 10.9 Å². The molecular weight excluding hydrogens is 228 g/mol. The molecule has 4 nitrogen and oxygen atoms in total. The molecule has 2 rings (SSSR count). The van der Waals surface area contributed by atoms with Gasteiger partial charge in [-0.05, 0) is 43.5 Å². The normalized spacial score (nSPS) is 10.6. The van der Waals surface area contributed by atoms with Crippen molar-refractivity contribution in [2.45, 2.75) is 27.2 Å². The zero-order valence-electron chi connectivity index (χ0n) is 10.8. The quantitative estimate of drug-likeness (QED) is 0.903. The largest absolute Gasteiger partial charge is 0.478 e. The minimum absolute atomic E-state index is 0.274. The van der Waals surface area contributed by atoms with Crippen LogP contribution >= 0.6 is 0 Å². The summed E-state index contributed by atoms with van der Waals surface area (Å²) >= 11 is 0. The molecule has 0 unspecified atom stereocenters. The van der Waals surface area contributed by atoms with Gasteiger partial charge in [0.1, 0.15) is 5.56 Å². The summed E-state index contributed by atoms with van der Waals surface area (Å²) in [5.41, 5.74) is 4.15. The summed E-state index contributed by atoms with van der Waals surface area (Å²) in [6.45, 7) is 5.98. The first-order valence-electron chi connectivity index (χ1n) is 5.92. The lowest BCUT2D eigenvalue weighted by Crippen LogP contribution is -1.98. The molecule has 0 fully saturated rings. The van der Waals surface area contributed by atoms with Crippen LogP contribution in [0.3, 0.4) is 0 Å². The minimum Gasteiger partial charge on any atom is -0.478 e. The third kappa shape index (κ3) is 2.14. The molecule has 0 aliphatic carbocycles. The molecule has 18 heavy (non-hydrogen) atoms. The number of nitrogens with zero attached hydrogens (tertiary/aromatic N) is 2. The van der Waals surface area contributed by atoms with Gasteiger partial charge in [-0.3, -0.25) is 0 Å². The molecule has 0 atom stereocenters. The zero-order valence-corrected chi connectivity index (χ0v) is 10.8. The molecule has 1 aromatic heterocycles. The van der Waals surface area contributed by atoms with Crippen molar-refractivity contribution in [1.82, 2.24) is 9.78 Å². The fraction of sp³-hybridized carbons (Fsp3) is 0.286. The van der Waals surface area contributed by atoms with Gasteiger partial charge in [0.05, 0.1) is 11.4 Å². The summed E-state index contributed by atoms with van der Waals surface area (Å²) in [6, 6.07) is 5.96. The summed E-state index contributed by atoms with van der Waals surface area (Å²) in [6.07, 6.45) is 2.19. The summed E-state index contributed by atoms with van der Waals surface area (Å²) in [5, 5.41) is 13.4. The van der Waals surface area contributed by atoms with Gasteiger partial charge in [-0.15, -0.1) is 0 Å². The lowest BCUT2D eigenvalue weighted by atomic mass is 10.1. The van der Waals surface area contributed by atoms with Crippen molar-refractivity contribution in [3.05, 3.63) is 46.8 Å². The smallest absolute Gasteiger partial charge is 0.339 e. The number of carbonyl (C=O) groups is 1. The van der Waals surface area contributed by atoms with Gasteiger partial charge < -0.3 is 5.11 Å². The molecule has 0 saturated heterocycles. The van der Waals surface area contributed by atoms with Crippen molar-refractivity contribution in [1.29, 1.82) is 0 Å². The fourth-order valence-electron chi connectivity index (χ4n) is 1.85. The molecule has 0 bridgehead atoms. The van der Waals surface area contributed by atoms with Crippen LogP contribution in [-0.4, -0.2) is 20.9 Å². The van der Waals surface area contributed by atoms with Crippen LogP contribution in [0.1, 0.15) is 34.1 Å². The van der Waals surface area contributed by atoms with Crippen molar-refractivity contribution >= 4 is 5.97 Å². The number of hydrogen-bond acceptors (Lipinski definition) is 2. The predicted octanol–water partition coefficient (Wildman–Crippen LogP) is 2.75. The van der Waals surface area contributed by atoms with Crippen LogP contribution in [0.25, 0.3) is 5.69 Å². The topological polar surface area (TPSA) is 55.1 Å². The average Bonchev–Trinajstić information content (AvgIpc) is 2.77. The van der Waals surface area contributed by atoms with Gasteiger partial charge >= 0.3 is 5.97 Å². The van der Waals surface area contributed by atoms with E-state index in [4.69, 9.17) is 5.11 Å². The first-order valence-corrected chi connectivity index (χ1v) is 5.92. The molecule has 0 saturated carbocycles. The van der Waals surface area contributed by atoms with E-state index in [1.165, 1.54) is 5.56 Å². The van der Waals surface area contributed by atoms with E-state index in [2.05, 4.69) is 5.10 Å². The fourth-order valence-corrected chi connectivity index (χ4v) is 1.85. The van der Waals surface area contributed by atoms with Crippen molar-refractivity contribution < 1.29 is 9.90 Å². The lowest BCUT2D eigenvalue weighted by Gasteiger charge is -2.04. The zero-order chi connectivity index (χ0) is 13.3. The van der Waals surface area contributed by atoms with Crippen LogP contribution in [-0.2, 0) is 6.42 Å². The number of aromatic carboxylic acids is 1.